The number of anilines is 3. The quantitative estimate of drug-likeness (QED) is 0.778. The van der Waals surface area contributed by atoms with E-state index in [4.69, 9.17) is 26.2 Å². The van der Waals surface area contributed by atoms with E-state index in [-0.39, 0.29) is 0 Å². The molecule has 140 valence electrons. The Kier molecular flexibility index (Phi) is 4.88. The number of aromatic nitrogens is 3. The highest BCUT2D eigenvalue weighted by Gasteiger charge is 2.29. The van der Waals surface area contributed by atoms with Gasteiger partial charge in [-0.05, 0) is 30.8 Å². The average Bonchev–Trinajstić information content (AvgIpc) is 3.17. The number of allylic oxidation sites excluding steroid dienone is 2. The molecule has 0 radical (unpaired) electrons. The summed E-state index contributed by atoms with van der Waals surface area (Å²) in [6.07, 6.45) is 9.26. The number of morpholine rings is 1. The van der Waals surface area contributed by atoms with Crippen LogP contribution in [0.4, 0.5) is 17.5 Å². The smallest absolute Gasteiger partial charge is 0.228 e. The maximum Gasteiger partial charge on any atom is 0.228 e. The third-order valence-corrected chi connectivity index (χ3v) is 4.79. The van der Waals surface area contributed by atoms with E-state index < -0.39 is 0 Å². The molecule has 0 saturated carbocycles. The second-order valence-electron chi connectivity index (χ2n) is 6.37. The molecule has 1 saturated heterocycles. The Morgan fingerprint density at radius 1 is 1.15 bits per heavy atom. The van der Waals surface area contributed by atoms with Crippen molar-refractivity contribution in [1.82, 2.24) is 15.0 Å². The van der Waals surface area contributed by atoms with Crippen molar-refractivity contribution in [2.45, 2.75) is 6.42 Å². The molecule has 2 aliphatic rings. The number of hydrogen-bond donors (Lipinski definition) is 2. The molecule has 27 heavy (non-hydrogen) atoms. The monoisotopic (exact) mass is 365 g/mol. The Morgan fingerprint density at radius 2 is 2.00 bits per heavy atom. The third-order valence-electron chi connectivity index (χ3n) is 4.79. The van der Waals surface area contributed by atoms with Crippen molar-refractivity contribution >= 4 is 23.0 Å². The summed E-state index contributed by atoms with van der Waals surface area (Å²) in [5, 5.41) is 0. The zero-order chi connectivity index (χ0) is 18.6. The SMILES string of the molecule is N/C=C\C(=C/N)c1nc(N2CCOCC2)nc2c1CCN2c1cccnc1. The lowest BCUT2D eigenvalue weighted by Gasteiger charge is -2.28. The molecular weight excluding hydrogens is 342 g/mol. The molecule has 0 bridgehead atoms. The van der Waals surface area contributed by atoms with Crippen LogP contribution in [0, 0.1) is 0 Å². The van der Waals surface area contributed by atoms with Crippen molar-refractivity contribution < 1.29 is 4.74 Å². The van der Waals surface area contributed by atoms with Gasteiger partial charge in [-0.15, -0.1) is 0 Å². The van der Waals surface area contributed by atoms with Crippen LogP contribution < -0.4 is 21.3 Å². The molecule has 0 unspecified atom stereocenters. The molecule has 8 heteroatoms. The van der Waals surface area contributed by atoms with Crippen molar-refractivity contribution in [3.05, 3.63) is 54.3 Å². The Bertz CT molecular complexity index is 860. The van der Waals surface area contributed by atoms with E-state index in [0.29, 0.717) is 19.2 Å². The molecule has 0 amide bonds. The largest absolute Gasteiger partial charge is 0.405 e. The maximum atomic E-state index is 5.87. The van der Waals surface area contributed by atoms with E-state index in [1.807, 2.05) is 18.3 Å². The van der Waals surface area contributed by atoms with E-state index in [1.54, 1.807) is 18.5 Å². The van der Waals surface area contributed by atoms with Crippen LogP contribution >= 0.6 is 0 Å². The van der Waals surface area contributed by atoms with E-state index in [1.165, 1.54) is 6.20 Å². The first-order valence-corrected chi connectivity index (χ1v) is 9.03. The molecule has 0 aromatic carbocycles. The molecule has 4 N–H and O–H groups in total. The molecule has 4 heterocycles. The molecule has 0 aliphatic carbocycles. The zero-order valence-electron chi connectivity index (χ0n) is 15.1. The third kappa shape index (κ3) is 3.31. The van der Waals surface area contributed by atoms with Crippen molar-refractivity contribution in [2.75, 3.05) is 42.6 Å². The minimum absolute atomic E-state index is 0.671. The number of nitrogens with zero attached hydrogens (tertiary/aromatic N) is 5. The van der Waals surface area contributed by atoms with Crippen LogP contribution in [0.5, 0.6) is 0 Å². The fraction of sp³-hybridized carbons (Fsp3) is 0.316. The predicted octanol–water partition coefficient (Wildman–Crippen LogP) is 1.17. The lowest BCUT2D eigenvalue weighted by molar-refractivity contribution is 0.122. The first-order chi connectivity index (χ1) is 13.3. The van der Waals surface area contributed by atoms with Gasteiger partial charge in [0, 0.05) is 43.2 Å². The molecule has 0 spiro atoms. The molecule has 4 rings (SSSR count). The van der Waals surface area contributed by atoms with Gasteiger partial charge in [-0.2, -0.15) is 4.98 Å². The summed E-state index contributed by atoms with van der Waals surface area (Å²) >= 11 is 0. The molecule has 8 nitrogen and oxygen atoms in total. The van der Waals surface area contributed by atoms with E-state index in [9.17, 15) is 0 Å². The highest BCUT2D eigenvalue weighted by Crippen LogP contribution is 2.37. The van der Waals surface area contributed by atoms with Crippen LogP contribution in [-0.4, -0.2) is 47.8 Å². The van der Waals surface area contributed by atoms with Gasteiger partial charge in [-0.25, -0.2) is 4.98 Å². The maximum absolute atomic E-state index is 5.87. The van der Waals surface area contributed by atoms with Crippen LogP contribution in [0.15, 0.2) is 43.0 Å². The van der Waals surface area contributed by atoms with Crippen LogP contribution in [0.25, 0.3) is 5.57 Å². The average molecular weight is 365 g/mol. The summed E-state index contributed by atoms with van der Waals surface area (Å²) in [4.78, 5) is 18.3. The Balaban J connectivity index is 1.83. The number of nitrogens with two attached hydrogens (primary N) is 2. The summed E-state index contributed by atoms with van der Waals surface area (Å²) in [7, 11) is 0. The van der Waals surface area contributed by atoms with Gasteiger partial charge in [0.15, 0.2) is 0 Å². The number of hydrogen-bond acceptors (Lipinski definition) is 8. The van der Waals surface area contributed by atoms with Crippen molar-refractivity contribution in [1.29, 1.82) is 0 Å². The number of pyridine rings is 1. The highest BCUT2D eigenvalue weighted by atomic mass is 16.5. The standard InChI is InChI=1S/C19H23N7O/c20-5-3-14(12-21)17-16-4-7-26(15-2-1-6-22-13-15)18(16)24-19(23-17)25-8-10-27-11-9-25/h1-3,5-6,12-13H,4,7-11,20-21H2/b5-3-,14-12+. The van der Waals surface area contributed by atoms with Gasteiger partial charge < -0.3 is 26.0 Å². The van der Waals surface area contributed by atoms with Gasteiger partial charge >= 0.3 is 0 Å². The second-order valence-corrected chi connectivity index (χ2v) is 6.37. The summed E-state index contributed by atoms with van der Waals surface area (Å²) in [5.41, 5.74) is 15.2. The molecule has 1 fully saturated rings. The van der Waals surface area contributed by atoms with Crippen molar-refractivity contribution in [2.24, 2.45) is 11.5 Å². The van der Waals surface area contributed by atoms with Gasteiger partial charge in [-0.3, -0.25) is 4.98 Å². The topological polar surface area (TPSA) is 106 Å². The van der Waals surface area contributed by atoms with Crippen LogP contribution in [-0.2, 0) is 11.2 Å². The fourth-order valence-corrected chi connectivity index (χ4v) is 3.47. The van der Waals surface area contributed by atoms with Crippen LogP contribution in [0.1, 0.15) is 11.3 Å². The van der Waals surface area contributed by atoms with Gasteiger partial charge in [0.05, 0.1) is 30.8 Å². The molecular formula is C19H23N7O. The highest BCUT2D eigenvalue weighted by molar-refractivity contribution is 5.80. The number of ether oxygens (including phenoxy) is 1. The lowest BCUT2D eigenvalue weighted by Crippen LogP contribution is -2.37. The van der Waals surface area contributed by atoms with Crippen molar-refractivity contribution in [3.63, 3.8) is 0 Å². The number of rotatable bonds is 4. The first-order valence-electron chi connectivity index (χ1n) is 9.03. The molecule has 2 aromatic heterocycles. The summed E-state index contributed by atoms with van der Waals surface area (Å²) in [5.74, 6) is 1.59. The first kappa shape index (κ1) is 17.3. The van der Waals surface area contributed by atoms with Crippen molar-refractivity contribution in [3.8, 4) is 0 Å². The summed E-state index contributed by atoms with van der Waals surface area (Å²) < 4.78 is 5.47. The van der Waals surface area contributed by atoms with Gasteiger partial charge in [0.25, 0.3) is 0 Å². The van der Waals surface area contributed by atoms with Gasteiger partial charge in [0.2, 0.25) is 5.95 Å². The molecule has 2 aromatic rings. The zero-order valence-corrected chi connectivity index (χ0v) is 15.1. The van der Waals surface area contributed by atoms with E-state index >= 15 is 0 Å². The Labute approximate surface area is 158 Å². The minimum Gasteiger partial charge on any atom is -0.405 e. The normalized spacial score (nSPS) is 17.6. The molecule has 0 atom stereocenters. The lowest BCUT2D eigenvalue weighted by atomic mass is 10.1. The van der Waals surface area contributed by atoms with E-state index in [0.717, 1.165) is 54.4 Å². The molecule has 2 aliphatic heterocycles. The summed E-state index contributed by atoms with van der Waals surface area (Å²) in [6, 6.07) is 3.97. The van der Waals surface area contributed by atoms with Crippen LogP contribution in [0.3, 0.4) is 0 Å². The fourth-order valence-electron chi connectivity index (χ4n) is 3.47. The van der Waals surface area contributed by atoms with E-state index in [2.05, 4.69) is 14.8 Å². The Morgan fingerprint density at radius 3 is 2.70 bits per heavy atom. The predicted molar refractivity (Wildman–Crippen MR) is 106 cm³/mol. The van der Waals surface area contributed by atoms with Gasteiger partial charge in [-0.1, -0.05) is 0 Å². The number of fused-ring (bicyclic) bond motifs is 1. The summed E-state index contributed by atoms with van der Waals surface area (Å²) in [6.45, 7) is 3.69. The minimum atomic E-state index is 0.671. The Hall–Kier alpha value is -3.13. The van der Waals surface area contributed by atoms with Crippen LogP contribution in [0.2, 0.25) is 0 Å². The van der Waals surface area contributed by atoms with Gasteiger partial charge in [0.1, 0.15) is 5.82 Å². The second kappa shape index (κ2) is 7.63.